The van der Waals surface area contributed by atoms with Gasteiger partial charge >= 0.3 is 0 Å². The fourth-order valence-corrected chi connectivity index (χ4v) is 1.00. The Bertz CT molecular complexity index is 113. The molecule has 0 saturated heterocycles. The molecule has 0 amide bonds. The predicted octanol–water partition coefficient (Wildman–Crippen LogP) is 0.885. The van der Waals surface area contributed by atoms with E-state index in [1.54, 1.807) is 13.8 Å². The van der Waals surface area contributed by atoms with Gasteiger partial charge in [-0.3, -0.25) is 0 Å². The van der Waals surface area contributed by atoms with Crippen LogP contribution in [-0.2, 0) is 0 Å². The molecule has 0 aliphatic heterocycles. The summed E-state index contributed by atoms with van der Waals surface area (Å²) in [5, 5.41) is 9.44. The lowest BCUT2D eigenvalue weighted by molar-refractivity contribution is 0.0472. The van der Waals surface area contributed by atoms with Gasteiger partial charge < -0.3 is 10.8 Å². The summed E-state index contributed by atoms with van der Waals surface area (Å²) in [5.41, 5.74) is 5.05. The normalized spacial score (nSPS) is 22.8. The molecular weight excluding hydrogens is 126 g/mol. The van der Waals surface area contributed by atoms with Crippen molar-refractivity contribution in [1.82, 2.24) is 0 Å². The molecule has 0 bridgehead atoms. The minimum atomic E-state index is -0.692. The van der Waals surface area contributed by atoms with E-state index in [2.05, 4.69) is 0 Å². The Morgan fingerprint density at radius 2 is 2.10 bits per heavy atom. The third-order valence-electron chi connectivity index (χ3n) is 2.19. The summed E-state index contributed by atoms with van der Waals surface area (Å²) in [6.45, 7) is 3.56. The van der Waals surface area contributed by atoms with E-state index >= 15 is 0 Å². The maximum Gasteiger partial charge on any atom is 0.0742 e. The van der Waals surface area contributed by atoms with Gasteiger partial charge in [0, 0.05) is 6.04 Å². The lowest BCUT2D eigenvalue weighted by Crippen LogP contribution is -2.43. The Hall–Kier alpha value is -0.0800. The average molecular weight is 143 g/mol. The SMILES string of the molecule is CC(C)(O)[C@@H](N)CC1CC1. The molecule has 0 aromatic heterocycles. The first-order chi connectivity index (χ1) is 4.50. The Labute approximate surface area is 62.4 Å². The van der Waals surface area contributed by atoms with Gasteiger partial charge in [0.2, 0.25) is 0 Å². The zero-order valence-electron chi connectivity index (χ0n) is 6.80. The van der Waals surface area contributed by atoms with Crippen molar-refractivity contribution < 1.29 is 5.11 Å². The Morgan fingerprint density at radius 3 is 2.40 bits per heavy atom. The highest BCUT2D eigenvalue weighted by Gasteiger charge is 2.30. The van der Waals surface area contributed by atoms with Gasteiger partial charge in [-0.15, -0.1) is 0 Å². The zero-order valence-corrected chi connectivity index (χ0v) is 6.80. The van der Waals surface area contributed by atoms with Crippen molar-refractivity contribution in [2.45, 2.75) is 44.8 Å². The molecule has 0 aromatic rings. The molecule has 0 spiro atoms. The van der Waals surface area contributed by atoms with E-state index in [1.807, 2.05) is 0 Å². The molecule has 1 saturated carbocycles. The molecular formula is C8H17NO. The van der Waals surface area contributed by atoms with Gasteiger partial charge in [0.25, 0.3) is 0 Å². The molecule has 3 N–H and O–H groups in total. The van der Waals surface area contributed by atoms with E-state index in [-0.39, 0.29) is 6.04 Å². The van der Waals surface area contributed by atoms with E-state index in [0.29, 0.717) is 0 Å². The molecule has 0 radical (unpaired) electrons. The minimum absolute atomic E-state index is 0.0417. The van der Waals surface area contributed by atoms with Crippen molar-refractivity contribution in [2.24, 2.45) is 11.7 Å². The highest BCUT2D eigenvalue weighted by Crippen LogP contribution is 2.34. The first-order valence-electron chi connectivity index (χ1n) is 3.98. The number of hydrogen-bond donors (Lipinski definition) is 2. The number of rotatable bonds is 3. The highest BCUT2D eigenvalue weighted by atomic mass is 16.3. The summed E-state index contributed by atoms with van der Waals surface area (Å²) in [7, 11) is 0. The zero-order chi connectivity index (χ0) is 7.78. The minimum Gasteiger partial charge on any atom is -0.389 e. The fourth-order valence-electron chi connectivity index (χ4n) is 1.00. The van der Waals surface area contributed by atoms with Crippen LogP contribution in [0.4, 0.5) is 0 Å². The van der Waals surface area contributed by atoms with Crippen molar-refractivity contribution in [1.29, 1.82) is 0 Å². The van der Waals surface area contributed by atoms with Crippen LogP contribution in [0.2, 0.25) is 0 Å². The molecule has 10 heavy (non-hydrogen) atoms. The van der Waals surface area contributed by atoms with Crippen LogP contribution < -0.4 is 5.73 Å². The Kier molecular flexibility index (Phi) is 2.02. The molecule has 1 rings (SSSR count). The van der Waals surface area contributed by atoms with E-state index in [4.69, 9.17) is 5.73 Å². The van der Waals surface area contributed by atoms with Gasteiger partial charge in [-0.2, -0.15) is 0 Å². The highest BCUT2D eigenvalue weighted by molar-refractivity contribution is 4.86. The second-order valence-corrected chi connectivity index (χ2v) is 3.94. The van der Waals surface area contributed by atoms with Gasteiger partial charge in [-0.1, -0.05) is 12.8 Å². The first-order valence-corrected chi connectivity index (χ1v) is 3.98. The molecule has 0 unspecified atom stereocenters. The third kappa shape index (κ3) is 2.27. The van der Waals surface area contributed by atoms with Gasteiger partial charge in [0.1, 0.15) is 0 Å². The van der Waals surface area contributed by atoms with E-state index < -0.39 is 5.60 Å². The molecule has 2 heteroatoms. The quantitative estimate of drug-likeness (QED) is 0.616. The van der Waals surface area contributed by atoms with Crippen LogP contribution in [0.15, 0.2) is 0 Å². The van der Waals surface area contributed by atoms with Crippen LogP contribution >= 0.6 is 0 Å². The Morgan fingerprint density at radius 1 is 1.60 bits per heavy atom. The number of aliphatic hydroxyl groups is 1. The average Bonchev–Trinajstić information content (AvgIpc) is 2.47. The van der Waals surface area contributed by atoms with Crippen molar-refractivity contribution in [2.75, 3.05) is 0 Å². The molecule has 1 atom stereocenters. The first kappa shape index (κ1) is 8.02. The maximum atomic E-state index is 9.44. The van der Waals surface area contributed by atoms with Crippen LogP contribution in [0, 0.1) is 5.92 Å². The van der Waals surface area contributed by atoms with Crippen LogP contribution in [0.5, 0.6) is 0 Å². The van der Waals surface area contributed by atoms with Crippen molar-refractivity contribution >= 4 is 0 Å². The van der Waals surface area contributed by atoms with Gasteiger partial charge in [-0.05, 0) is 26.2 Å². The number of hydrogen-bond acceptors (Lipinski definition) is 2. The summed E-state index contributed by atoms with van der Waals surface area (Å²) in [6, 6.07) is -0.0417. The second kappa shape index (κ2) is 2.51. The van der Waals surface area contributed by atoms with E-state index in [0.717, 1.165) is 12.3 Å². The summed E-state index contributed by atoms with van der Waals surface area (Å²) < 4.78 is 0. The van der Waals surface area contributed by atoms with Crippen LogP contribution in [0.3, 0.4) is 0 Å². The smallest absolute Gasteiger partial charge is 0.0742 e. The standard InChI is InChI=1S/C8H17NO/c1-8(2,10)7(9)5-6-3-4-6/h6-7,10H,3-5,9H2,1-2H3/t7-/m0/s1. The van der Waals surface area contributed by atoms with Gasteiger partial charge in [-0.25, -0.2) is 0 Å². The summed E-state index contributed by atoms with van der Waals surface area (Å²) in [6.07, 6.45) is 3.61. The maximum absolute atomic E-state index is 9.44. The van der Waals surface area contributed by atoms with Crippen LogP contribution in [0.1, 0.15) is 33.1 Å². The number of nitrogens with two attached hydrogens (primary N) is 1. The van der Waals surface area contributed by atoms with E-state index in [1.165, 1.54) is 12.8 Å². The van der Waals surface area contributed by atoms with Crippen molar-refractivity contribution in [3.63, 3.8) is 0 Å². The molecule has 1 aliphatic rings. The molecule has 1 aliphatic carbocycles. The monoisotopic (exact) mass is 143 g/mol. The largest absolute Gasteiger partial charge is 0.389 e. The van der Waals surface area contributed by atoms with Crippen molar-refractivity contribution in [3.05, 3.63) is 0 Å². The lowest BCUT2D eigenvalue weighted by Gasteiger charge is -2.25. The third-order valence-corrected chi connectivity index (χ3v) is 2.19. The van der Waals surface area contributed by atoms with Gasteiger partial charge in [0.05, 0.1) is 5.60 Å². The van der Waals surface area contributed by atoms with Crippen molar-refractivity contribution in [3.8, 4) is 0 Å². The summed E-state index contributed by atoms with van der Waals surface area (Å²) in [4.78, 5) is 0. The lowest BCUT2D eigenvalue weighted by atomic mass is 9.95. The molecule has 0 aromatic carbocycles. The summed E-state index contributed by atoms with van der Waals surface area (Å²) >= 11 is 0. The Balaban J connectivity index is 2.25. The van der Waals surface area contributed by atoms with Crippen LogP contribution in [-0.4, -0.2) is 16.7 Å². The second-order valence-electron chi connectivity index (χ2n) is 3.94. The molecule has 2 nitrogen and oxygen atoms in total. The summed E-state index contributed by atoms with van der Waals surface area (Å²) in [5.74, 6) is 0.807. The molecule has 1 fully saturated rings. The molecule has 0 heterocycles. The topological polar surface area (TPSA) is 46.2 Å². The van der Waals surface area contributed by atoms with Crippen LogP contribution in [0.25, 0.3) is 0 Å². The predicted molar refractivity (Wildman–Crippen MR) is 41.6 cm³/mol. The fraction of sp³-hybridized carbons (Fsp3) is 1.00. The van der Waals surface area contributed by atoms with E-state index in [9.17, 15) is 5.11 Å². The molecule has 60 valence electrons. The van der Waals surface area contributed by atoms with Gasteiger partial charge in [0.15, 0.2) is 0 Å².